The monoisotopic (exact) mass is 292 g/mol. The van der Waals surface area contributed by atoms with Gasteiger partial charge in [0, 0.05) is 31.9 Å². The van der Waals surface area contributed by atoms with E-state index in [1.54, 1.807) is 0 Å². The van der Waals surface area contributed by atoms with Gasteiger partial charge in [0.2, 0.25) is 0 Å². The average molecular weight is 292 g/mol. The molecule has 2 N–H and O–H groups in total. The molecule has 1 aromatic heterocycles. The zero-order valence-electron chi connectivity index (χ0n) is 14.6. The maximum absolute atomic E-state index is 5.86. The Morgan fingerprint density at radius 3 is 2.24 bits per heavy atom. The van der Waals surface area contributed by atoms with Gasteiger partial charge in [0.25, 0.3) is 0 Å². The second kappa shape index (κ2) is 8.35. The number of rotatable bonds is 8. The molecule has 1 rings (SSSR count). The van der Waals surface area contributed by atoms with E-state index in [1.807, 2.05) is 0 Å². The molecule has 0 aliphatic carbocycles. The summed E-state index contributed by atoms with van der Waals surface area (Å²) in [6, 6.07) is 4.28. The Labute approximate surface area is 130 Å². The molecule has 0 radical (unpaired) electrons. The second-order valence-electron chi connectivity index (χ2n) is 6.76. The topological polar surface area (TPSA) is 45.4 Å². The van der Waals surface area contributed by atoms with Gasteiger partial charge in [-0.1, -0.05) is 27.7 Å². The van der Waals surface area contributed by atoms with Gasteiger partial charge in [0.05, 0.1) is 0 Å². The summed E-state index contributed by atoms with van der Waals surface area (Å²) in [6.45, 7) is 12.5. The van der Waals surface area contributed by atoms with Gasteiger partial charge < -0.3 is 15.5 Å². The predicted octanol–water partition coefficient (Wildman–Crippen LogP) is 2.69. The Kier molecular flexibility index (Phi) is 7.12. The van der Waals surface area contributed by atoms with Crippen LogP contribution >= 0.6 is 0 Å². The summed E-state index contributed by atoms with van der Waals surface area (Å²) in [5, 5.41) is 0. The molecule has 0 bridgehead atoms. The van der Waals surface area contributed by atoms with Crippen LogP contribution in [0.3, 0.4) is 0 Å². The van der Waals surface area contributed by atoms with Crippen LogP contribution in [0.2, 0.25) is 0 Å². The summed E-state index contributed by atoms with van der Waals surface area (Å²) in [6.07, 6.45) is 0. The quantitative estimate of drug-likeness (QED) is 0.800. The normalized spacial score (nSPS) is 11.7. The lowest BCUT2D eigenvalue weighted by Gasteiger charge is -2.28. The van der Waals surface area contributed by atoms with Crippen molar-refractivity contribution in [1.29, 1.82) is 0 Å². The highest BCUT2D eigenvalue weighted by Crippen LogP contribution is 2.21. The zero-order chi connectivity index (χ0) is 16.0. The van der Waals surface area contributed by atoms with E-state index in [2.05, 4.69) is 63.7 Å². The summed E-state index contributed by atoms with van der Waals surface area (Å²) in [5.41, 5.74) is 8.16. The van der Waals surface area contributed by atoms with Crippen LogP contribution in [0.1, 0.15) is 44.9 Å². The van der Waals surface area contributed by atoms with E-state index in [9.17, 15) is 0 Å². The fraction of sp³-hybridized carbons (Fsp3) is 0.706. The molecule has 0 spiro atoms. The van der Waals surface area contributed by atoms with E-state index in [0.717, 1.165) is 31.1 Å². The van der Waals surface area contributed by atoms with Crippen LogP contribution in [0.15, 0.2) is 12.1 Å². The molecule has 0 saturated heterocycles. The van der Waals surface area contributed by atoms with Crippen molar-refractivity contribution >= 4 is 5.82 Å². The number of aromatic nitrogens is 1. The van der Waals surface area contributed by atoms with E-state index in [-0.39, 0.29) is 0 Å². The minimum Gasteiger partial charge on any atom is -0.355 e. The third kappa shape index (κ3) is 6.02. The first-order chi connectivity index (χ1) is 9.83. The Hall–Kier alpha value is -1.13. The second-order valence-corrected chi connectivity index (χ2v) is 6.76. The number of hydrogen-bond donors (Lipinski definition) is 1. The van der Waals surface area contributed by atoms with Crippen LogP contribution in [-0.2, 0) is 6.54 Å². The molecule has 120 valence electrons. The molecule has 1 aromatic rings. The SMILES string of the molecule is CC(C)CN(CCN(C)C)c1cc(CN)cc(C(C)C)n1. The van der Waals surface area contributed by atoms with E-state index in [4.69, 9.17) is 10.7 Å². The maximum Gasteiger partial charge on any atom is 0.129 e. The smallest absolute Gasteiger partial charge is 0.129 e. The predicted molar refractivity (Wildman–Crippen MR) is 91.8 cm³/mol. The summed E-state index contributed by atoms with van der Waals surface area (Å²) >= 11 is 0. The third-order valence-corrected chi connectivity index (χ3v) is 3.45. The van der Waals surface area contributed by atoms with Gasteiger partial charge in [-0.25, -0.2) is 4.98 Å². The zero-order valence-corrected chi connectivity index (χ0v) is 14.6. The van der Waals surface area contributed by atoms with Crippen molar-refractivity contribution in [3.63, 3.8) is 0 Å². The molecule has 4 heteroatoms. The molecule has 0 saturated carbocycles. The Bertz CT molecular complexity index is 427. The number of nitrogens with zero attached hydrogens (tertiary/aromatic N) is 3. The van der Waals surface area contributed by atoms with Crippen molar-refractivity contribution in [2.45, 2.75) is 40.2 Å². The van der Waals surface area contributed by atoms with Gasteiger partial charge in [-0.2, -0.15) is 0 Å². The summed E-state index contributed by atoms with van der Waals surface area (Å²) in [7, 11) is 4.22. The first-order valence-corrected chi connectivity index (χ1v) is 7.94. The van der Waals surface area contributed by atoms with Crippen LogP contribution in [0.4, 0.5) is 5.82 Å². The van der Waals surface area contributed by atoms with E-state index in [1.165, 1.54) is 5.56 Å². The van der Waals surface area contributed by atoms with Crippen molar-refractivity contribution in [3.05, 3.63) is 23.4 Å². The van der Waals surface area contributed by atoms with Crippen LogP contribution < -0.4 is 10.6 Å². The van der Waals surface area contributed by atoms with Gasteiger partial charge in [-0.15, -0.1) is 0 Å². The van der Waals surface area contributed by atoms with Gasteiger partial charge in [-0.05, 0) is 43.6 Å². The number of hydrogen-bond acceptors (Lipinski definition) is 4. The first-order valence-electron chi connectivity index (χ1n) is 7.94. The number of pyridine rings is 1. The standard InChI is InChI=1S/C17H32N4/c1-13(2)12-21(8-7-20(5)6)17-10-15(11-18)9-16(19-17)14(3)4/h9-10,13-14H,7-8,11-12,18H2,1-6H3. The van der Waals surface area contributed by atoms with Crippen molar-refractivity contribution in [2.75, 3.05) is 38.6 Å². The first kappa shape index (κ1) is 17.9. The average Bonchev–Trinajstić information content (AvgIpc) is 2.42. The number of anilines is 1. The summed E-state index contributed by atoms with van der Waals surface area (Å²) in [4.78, 5) is 9.46. The molecule has 1 heterocycles. The van der Waals surface area contributed by atoms with Crippen molar-refractivity contribution in [1.82, 2.24) is 9.88 Å². The molecule has 0 aliphatic rings. The number of nitrogens with two attached hydrogens (primary N) is 1. The molecule has 0 fully saturated rings. The molecule has 21 heavy (non-hydrogen) atoms. The van der Waals surface area contributed by atoms with Gasteiger partial charge in [-0.3, -0.25) is 0 Å². The highest BCUT2D eigenvalue weighted by atomic mass is 15.2. The van der Waals surface area contributed by atoms with E-state index >= 15 is 0 Å². The van der Waals surface area contributed by atoms with Crippen LogP contribution in [0, 0.1) is 5.92 Å². The minimum absolute atomic E-state index is 0.421. The highest BCUT2D eigenvalue weighted by molar-refractivity contribution is 5.43. The van der Waals surface area contributed by atoms with E-state index in [0.29, 0.717) is 18.4 Å². The summed E-state index contributed by atoms with van der Waals surface area (Å²) < 4.78 is 0. The van der Waals surface area contributed by atoms with Crippen LogP contribution in [0.25, 0.3) is 0 Å². The fourth-order valence-corrected chi connectivity index (χ4v) is 2.23. The molecule has 4 nitrogen and oxygen atoms in total. The molecular weight excluding hydrogens is 260 g/mol. The Morgan fingerprint density at radius 1 is 1.10 bits per heavy atom. The van der Waals surface area contributed by atoms with Crippen molar-refractivity contribution < 1.29 is 0 Å². The lowest BCUT2D eigenvalue weighted by atomic mass is 10.1. The minimum atomic E-state index is 0.421. The Balaban J connectivity index is 3.06. The largest absolute Gasteiger partial charge is 0.355 e. The molecule has 0 aromatic carbocycles. The van der Waals surface area contributed by atoms with Crippen LogP contribution in [-0.4, -0.2) is 43.6 Å². The Morgan fingerprint density at radius 2 is 1.76 bits per heavy atom. The van der Waals surface area contributed by atoms with Gasteiger partial charge in [0.1, 0.15) is 5.82 Å². The number of likely N-dealkylation sites (N-methyl/N-ethyl adjacent to an activating group) is 1. The molecule has 0 unspecified atom stereocenters. The fourth-order valence-electron chi connectivity index (χ4n) is 2.23. The molecule has 0 atom stereocenters. The maximum atomic E-state index is 5.86. The van der Waals surface area contributed by atoms with Gasteiger partial charge in [0.15, 0.2) is 0 Å². The van der Waals surface area contributed by atoms with Crippen LogP contribution in [0.5, 0.6) is 0 Å². The molecule has 0 aliphatic heterocycles. The van der Waals surface area contributed by atoms with Crippen molar-refractivity contribution in [3.8, 4) is 0 Å². The van der Waals surface area contributed by atoms with Crippen molar-refractivity contribution in [2.24, 2.45) is 11.7 Å². The molecular formula is C17H32N4. The van der Waals surface area contributed by atoms with Gasteiger partial charge >= 0.3 is 0 Å². The third-order valence-electron chi connectivity index (χ3n) is 3.45. The summed E-state index contributed by atoms with van der Waals surface area (Å²) in [5.74, 6) is 2.10. The lowest BCUT2D eigenvalue weighted by molar-refractivity contribution is 0.408. The van der Waals surface area contributed by atoms with E-state index < -0.39 is 0 Å². The highest BCUT2D eigenvalue weighted by Gasteiger charge is 2.13. The molecule has 0 amide bonds. The lowest BCUT2D eigenvalue weighted by Crippen LogP contribution is -2.35.